The molecule has 0 bridgehead atoms. The molecule has 0 unspecified atom stereocenters. The van der Waals surface area contributed by atoms with Crippen molar-refractivity contribution < 1.29 is 12.8 Å². The lowest BCUT2D eigenvalue weighted by molar-refractivity contribution is 0.588. The van der Waals surface area contributed by atoms with Crippen molar-refractivity contribution in [3.63, 3.8) is 0 Å². The molecule has 0 spiro atoms. The number of nitrogen functional groups attached to an aromatic ring is 1. The van der Waals surface area contributed by atoms with E-state index < -0.39 is 15.7 Å². The minimum absolute atomic E-state index is 0.135. The fraction of sp³-hybridized carbons (Fsp3) is 0. The normalized spacial score (nSPS) is 11.7. The minimum Gasteiger partial charge on any atom is -0.397 e. The second-order valence-electron chi connectivity index (χ2n) is 4.53. The van der Waals surface area contributed by atoms with E-state index in [0.717, 1.165) is 11.5 Å². The minimum atomic E-state index is -3.88. The van der Waals surface area contributed by atoms with E-state index >= 15 is 0 Å². The van der Waals surface area contributed by atoms with E-state index in [4.69, 9.17) is 5.73 Å². The summed E-state index contributed by atoms with van der Waals surface area (Å²) in [5.74, 6) is -0.614. The molecule has 0 aliphatic carbocycles. The van der Waals surface area contributed by atoms with Crippen LogP contribution in [0.2, 0.25) is 0 Å². The van der Waals surface area contributed by atoms with Crippen molar-refractivity contribution in [3.8, 4) is 0 Å². The van der Waals surface area contributed by atoms with E-state index in [9.17, 15) is 12.8 Å². The number of rotatable bonds is 2. The largest absolute Gasteiger partial charge is 0.397 e. The van der Waals surface area contributed by atoms with Gasteiger partial charge in [0, 0.05) is 5.39 Å². The number of nitrogens with zero attached hydrogens (tertiary/aromatic N) is 1. The van der Waals surface area contributed by atoms with Crippen LogP contribution >= 0.6 is 0 Å². The molecule has 0 fully saturated rings. The zero-order valence-electron chi connectivity index (χ0n) is 10.8. The lowest BCUT2D eigenvalue weighted by Crippen LogP contribution is -2.05. The number of anilines is 1. The maximum Gasteiger partial charge on any atom is 0.223 e. The third-order valence-electron chi connectivity index (χ3n) is 3.11. The monoisotopic (exact) mass is 302 g/mol. The van der Waals surface area contributed by atoms with Gasteiger partial charge in [-0.05, 0) is 36.4 Å². The molecule has 21 heavy (non-hydrogen) atoms. The SMILES string of the molecule is Nc1cccc2ccc(S(=O)(=O)c3cccc(F)c3)nc12. The molecule has 0 aliphatic rings. The average Bonchev–Trinajstić information content (AvgIpc) is 2.47. The van der Waals surface area contributed by atoms with Crippen molar-refractivity contribution in [2.45, 2.75) is 9.92 Å². The lowest BCUT2D eigenvalue weighted by Gasteiger charge is -2.06. The van der Waals surface area contributed by atoms with E-state index in [2.05, 4.69) is 4.98 Å². The highest BCUT2D eigenvalue weighted by Crippen LogP contribution is 2.24. The molecule has 0 aliphatic heterocycles. The van der Waals surface area contributed by atoms with Crippen LogP contribution in [-0.2, 0) is 9.84 Å². The highest BCUT2D eigenvalue weighted by atomic mass is 32.2. The van der Waals surface area contributed by atoms with Crippen LogP contribution in [0.1, 0.15) is 0 Å². The maximum atomic E-state index is 13.2. The molecular formula is C15H11FN2O2S. The number of sulfone groups is 1. The molecule has 0 saturated heterocycles. The van der Waals surface area contributed by atoms with Gasteiger partial charge in [0.15, 0.2) is 5.03 Å². The summed E-state index contributed by atoms with van der Waals surface area (Å²) in [6.45, 7) is 0. The molecule has 6 heteroatoms. The molecule has 2 aromatic carbocycles. The second-order valence-corrected chi connectivity index (χ2v) is 6.43. The number of para-hydroxylation sites is 1. The molecule has 0 atom stereocenters. The van der Waals surface area contributed by atoms with Gasteiger partial charge in [0.2, 0.25) is 9.84 Å². The molecule has 0 saturated carbocycles. The average molecular weight is 302 g/mol. The van der Waals surface area contributed by atoms with Gasteiger partial charge < -0.3 is 5.73 Å². The summed E-state index contributed by atoms with van der Waals surface area (Å²) in [5.41, 5.74) is 6.62. The van der Waals surface area contributed by atoms with Crippen LogP contribution < -0.4 is 5.73 Å². The predicted molar refractivity (Wildman–Crippen MR) is 78.0 cm³/mol. The first kappa shape index (κ1) is 13.5. The fourth-order valence-corrected chi connectivity index (χ4v) is 3.28. The van der Waals surface area contributed by atoms with Gasteiger partial charge in [-0.3, -0.25) is 0 Å². The van der Waals surface area contributed by atoms with Crippen molar-refractivity contribution >= 4 is 26.4 Å². The van der Waals surface area contributed by atoms with Crippen molar-refractivity contribution in [2.75, 3.05) is 5.73 Å². The highest BCUT2D eigenvalue weighted by Gasteiger charge is 2.20. The Hall–Kier alpha value is -2.47. The second kappa shape index (κ2) is 4.82. The fourth-order valence-electron chi connectivity index (χ4n) is 2.06. The Morgan fingerprint density at radius 3 is 2.52 bits per heavy atom. The Balaban J connectivity index is 2.22. The summed E-state index contributed by atoms with van der Waals surface area (Å²) >= 11 is 0. The third-order valence-corrected chi connectivity index (χ3v) is 4.76. The van der Waals surface area contributed by atoms with Crippen molar-refractivity contribution in [1.29, 1.82) is 0 Å². The first-order valence-corrected chi connectivity index (χ1v) is 7.63. The van der Waals surface area contributed by atoms with Crippen LogP contribution in [0, 0.1) is 5.82 Å². The van der Waals surface area contributed by atoms with E-state index in [1.165, 1.54) is 24.3 Å². The number of hydrogen-bond acceptors (Lipinski definition) is 4. The maximum absolute atomic E-state index is 13.2. The summed E-state index contributed by atoms with van der Waals surface area (Å²) < 4.78 is 38.2. The topological polar surface area (TPSA) is 73.1 Å². The van der Waals surface area contributed by atoms with Crippen LogP contribution in [0.25, 0.3) is 10.9 Å². The molecule has 3 rings (SSSR count). The Labute approximate surface area is 121 Å². The molecule has 2 N–H and O–H groups in total. The highest BCUT2D eigenvalue weighted by molar-refractivity contribution is 7.91. The number of aromatic nitrogens is 1. The first-order valence-electron chi connectivity index (χ1n) is 6.14. The molecule has 4 nitrogen and oxygen atoms in total. The van der Waals surface area contributed by atoms with Gasteiger partial charge >= 0.3 is 0 Å². The van der Waals surface area contributed by atoms with Crippen molar-refractivity contribution in [3.05, 3.63) is 60.4 Å². The summed E-state index contributed by atoms with van der Waals surface area (Å²) in [4.78, 5) is 3.98. The number of pyridine rings is 1. The van der Waals surface area contributed by atoms with Gasteiger partial charge in [-0.2, -0.15) is 0 Å². The molecule has 0 amide bonds. The van der Waals surface area contributed by atoms with E-state index in [0.29, 0.717) is 11.2 Å². The van der Waals surface area contributed by atoms with Crippen LogP contribution in [0.15, 0.2) is 64.5 Å². The zero-order valence-corrected chi connectivity index (χ0v) is 11.6. The number of benzene rings is 2. The van der Waals surface area contributed by atoms with Crippen molar-refractivity contribution in [2.24, 2.45) is 0 Å². The number of nitrogens with two attached hydrogens (primary N) is 1. The van der Waals surface area contributed by atoms with E-state index in [1.807, 2.05) is 0 Å². The number of fused-ring (bicyclic) bond motifs is 1. The summed E-state index contributed by atoms with van der Waals surface area (Å²) in [6.07, 6.45) is 0. The van der Waals surface area contributed by atoms with Gasteiger partial charge in [-0.25, -0.2) is 17.8 Å². The lowest BCUT2D eigenvalue weighted by atomic mass is 10.2. The molecule has 0 radical (unpaired) electrons. The van der Waals surface area contributed by atoms with Gasteiger partial charge in [0.05, 0.1) is 16.1 Å². The molecule has 1 heterocycles. The van der Waals surface area contributed by atoms with Crippen LogP contribution in [0.4, 0.5) is 10.1 Å². The molecule has 1 aromatic heterocycles. The standard InChI is InChI=1S/C15H11FN2O2S/c16-11-4-2-5-12(9-11)21(19,20)14-8-7-10-3-1-6-13(17)15(10)18-14/h1-9H,17H2. The van der Waals surface area contributed by atoms with Gasteiger partial charge in [-0.15, -0.1) is 0 Å². The predicted octanol–water partition coefficient (Wildman–Crippen LogP) is 2.79. The summed E-state index contributed by atoms with van der Waals surface area (Å²) in [5, 5.41) is 0.590. The zero-order chi connectivity index (χ0) is 15.0. The molecule has 106 valence electrons. The van der Waals surface area contributed by atoms with Gasteiger partial charge in [0.25, 0.3) is 0 Å². The quantitative estimate of drug-likeness (QED) is 0.739. The first-order chi connectivity index (χ1) is 9.98. The third kappa shape index (κ3) is 2.34. The Morgan fingerprint density at radius 1 is 1.00 bits per heavy atom. The van der Waals surface area contributed by atoms with Gasteiger partial charge in [0.1, 0.15) is 5.82 Å². The Morgan fingerprint density at radius 2 is 1.76 bits per heavy atom. The van der Waals surface area contributed by atoms with Crippen molar-refractivity contribution in [1.82, 2.24) is 4.98 Å². The van der Waals surface area contributed by atoms with Crippen LogP contribution in [0.3, 0.4) is 0 Å². The van der Waals surface area contributed by atoms with E-state index in [1.54, 1.807) is 24.3 Å². The molecular weight excluding hydrogens is 291 g/mol. The Kier molecular flexibility index (Phi) is 3.10. The number of halogens is 1. The van der Waals surface area contributed by atoms with Crippen LogP contribution in [-0.4, -0.2) is 13.4 Å². The molecule has 3 aromatic rings. The summed E-state index contributed by atoms with van der Waals surface area (Å²) in [7, 11) is -3.88. The van der Waals surface area contributed by atoms with E-state index in [-0.39, 0.29) is 9.92 Å². The van der Waals surface area contributed by atoms with Gasteiger partial charge in [-0.1, -0.05) is 18.2 Å². The summed E-state index contributed by atoms with van der Waals surface area (Å²) in [6, 6.07) is 13.1. The number of hydrogen-bond donors (Lipinski definition) is 1. The van der Waals surface area contributed by atoms with Crippen LogP contribution in [0.5, 0.6) is 0 Å². The smallest absolute Gasteiger partial charge is 0.223 e. The Bertz CT molecular complexity index is 939.